The van der Waals surface area contributed by atoms with Gasteiger partial charge < -0.3 is 54.9 Å². The molecule has 2 aliphatic rings. The van der Waals surface area contributed by atoms with Gasteiger partial charge in [-0.2, -0.15) is 5.10 Å². The van der Waals surface area contributed by atoms with Crippen molar-refractivity contribution in [3.05, 3.63) is 64.4 Å². The van der Waals surface area contributed by atoms with Crippen molar-refractivity contribution in [2.24, 2.45) is 5.41 Å². The Morgan fingerprint density at radius 1 is 0.691 bits per heavy atom. The first-order valence-corrected chi connectivity index (χ1v) is 34.1. The second-order valence-corrected chi connectivity index (χ2v) is 26.0. The van der Waals surface area contributed by atoms with E-state index in [0.29, 0.717) is 64.9 Å². The Morgan fingerprint density at radius 3 is 1.96 bits per heavy atom. The number of hydrogen-bond acceptors (Lipinski definition) is 18. The van der Waals surface area contributed by atoms with Gasteiger partial charge in [-0.25, -0.2) is 19.7 Å². The van der Waals surface area contributed by atoms with Gasteiger partial charge in [-0.3, -0.25) is 43.0 Å². The Kier molecular flexibility index (Phi) is 32.7. The standard InChI is InChI=1S/C68H97BrN10O15/c1-47(80)64-53-38-48(23-28-55(53)78(76-64)44-62(85)79-56(39-68(2)40-57(68)79)66(88)75-65-49(43-77(3)4)24-29-58(69)74-65)50-41-71-59(72-42-50)30-26-52(82)45-93-36-35-92-33-31-70-61(84)46-94-37-34-91-32-19-20-51(81)25-27-54(67(89)90)73-60(83)21-17-15-13-11-9-7-5-6-8-10-12-14-16-18-22-63(86)87/h23-24,28-29,38,41-42,54,56-57H,5-22,25-27,30-37,39-40,43-46H2,1-4H3,(H,70,84)(H,73,83)(H,86,87)(H,89,90)(H,74,75,88)/t54-,56-,57+,68-/m0/s1. The van der Waals surface area contributed by atoms with Crippen LogP contribution in [0.5, 0.6) is 0 Å². The molecule has 1 aromatic carbocycles. The average Bonchev–Trinajstić information content (AvgIpc) is 1.55. The molecule has 5 N–H and O–H groups in total. The third-order valence-corrected chi connectivity index (χ3v) is 17.3. The zero-order valence-electron chi connectivity index (χ0n) is 55.2. The molecule has 2 fully saturated rings. The number of aliphatic carboxylic acids is 2. The first kappa shape index (κ1) is 76.1. The van der Waals surface area contributed by atoms with Crippen LogP contribution in [0.25, 0.3) is 22.0 Å². The molecular weight excluding hydrogens is 1280 g/mol. The van der Waals surface area contributed by atoms with Gasteiger partial charge in [-0.05, 0) is 97.7 Å². The summed E-state index contributed by atoms with van der Waals surface area (Å²) in [7, 11) is 3.87. The van der Waals surface area contributed by atoms with Crippen LogP contribution in [0.3, 0.4) is 0 Å². The van der Waals surface area contributed by atoms with Gasteiger partial charge in [0.05, 0.1) is 38.6 Å². The molecule has 0 radical (unpaired) electrons. The number of ketones is 3. The SMILES string of the molecule is CC(=O)c1nn(CC(=O)N2[C@H](C(=O)Nc3nc(Br)ccc3CN(C)C)C[C@@]3(C)C[C@@H]23)c2ccc(-c3cnc(CCC(=O)COCCOCCNC(=O)COCCOCCCC(=O)CC[C@H](NC(=O)CCCCCCCCCCCCCCCCC(=O)O)C(=O)O)nc3)cc12. The monoisotopic (exact) mass is 1370 g/mol. The zero-order chi connectivity index (χ0) is 67.8. The molecule has 0 bridgehead atoms. The summed E-state index contributed by atoms with van der Waals surface area (Å²) in [6, 6.07) is 7.28. The number of carbonyl (C=O) groups is 9. The lowest BCUT2D eigenvalue weighted by atomic mass is 10.0. The fourth-order valence-corrected chi connectivity index (χ4v) is 11.9. The number of amides is 4. The largest absolute Gasteiger partial charge is 0.481 e. The lowest BCUT2D eigenvalue weighted by Crippen LogP contribution is -2.47. The number of rotatable bonds is 50. The molecule has 4 amide bonds. The van der Waals surface area contributed by atoms with Crippen LogP contribution in [0, 0.1) is 5.41 Å². The number of halogens is 1. The first-order valence-electron chi connectivity index (χ1n) is 33.3. The van der Waals surface area contributed by atoms with E-state index in [9.17, 15) is 48.3 Å². The molecule has 0 spiro atoms. The van der Waals surface area contributed by atoms with Gasteiger partial charge >= 0.3 is 11.9 Å². The van der Waals surface area contributed by atoms with E-state index < -0.39 is 24.0 Å². The van der Waals surface area contributed by atoms with Crippen molar-refractivity contribution in [2.75, 3.05) is 78.8 Å². The Labute approximate surface area is 559 Å². The summed E-state index contributed by atoms with van der Waals surface area (Å²) < 4.78 is 24.0. The van der Waals surface area contributed by atoms with Gasteiger partial charge in [0.2, 0.25) is 23.6 Å². The molecule has 4 aromatic rings. The molecule has 94 heavy (non-hydrogen) atoms. The molecule has 1 aliphatic carbocycles. The lowest BCUT2D eigenvalue weighted by Gasteiger charge is -2.27. The topological polar surface area (TPSA) is 330 Å². The van der Waals surface area contributed by atoms with Crippen LogP contribution in [0.2, 0.25) is 0 Å². The number of nitrogens with one attached hydrogen (secondary N) is 3. The molecule has 0 unspecified atom stereocenters. The van der Waals surface area contributed by atoms with Crippen molar-refractivity contribution in [1.29, 1.82) is 0 Å². The Bertz CT molecular complexity index is 3140. The van der Waals surface area contributed by atoms with Gasteiger partial charge in [-0.15, -0.1) is 0 Å². The fourth-order valence-electron chi connectivity index (χ4n) is 11.6. The second-order valence-electron chi connectivity index (χ2n) is 25.1. The quantitative estimate of drug-likeness (QED) is 0.0157. The number of aromatic nitrogens is 5. The maximum atomic E-state index is 14.2. The number of Topliss-reactive ketones (excluding diaryl/α,β-unsaturated/α-hetero) is 3. The van der Waals surface area contributed by atoms with Gasteiger partial charge in [-0.1, -0.05) is 96.1 Å². The van der Waals surface area contributed by atoms with Gasteiger partial charge in [0.15, 0.2) is 11.6 Å². The van der Waals surface area contributed by atoms with Crippen LogP contribution in [0.1, 0.15) is 183 Å². The predicted molar refractivity (Wildman–Crippen MR) is 355 cm³/mol. The molecule has 25 nitrogen and oxygen atoms in total. The number of unbranched alkanes of at least 4 members (excludes halogenated alkanes) is 13. The van der Waals surface area contributed by atoms with E-state index in [-0.39, 0.29) is 163 Å². The van der Waals surface area contributed by atoms with Crippen molar-refractivity contribution in [3.8, 4) is 11.1 Å². The van der Waals surface area contributed by atoms with Crippen LogP contribution in [0.4, 0.5) is 5.82 Å². The lowest BCUT2D eigenvalue weighted by molar-refractivity contribution is -0.142. The third-order valence-electron chi connectivity index (χ3n) is 16.9. The van der Waals surface area contributed by atoms with E-state index in [1.807, 2.05) is 43.3 Å². The first-order chi connectivity index (χ1) is 45.2. The van der Waals surface area contributed by atoms with Gasteiger partial charge in [0.25, 0.3) is 0 Å². The average molecular weight is 1370 g/mol. The van der Waals surface area contributed by atoms with Crippen LogP contribution >= 0.6 is 15.9 Å². The number of pyridine rings is 1. The smallest absolute Gasteiger partial charge is 0.326 e. The summed E-state index contributed by atoms with van der Waals surface area (Å²) in [5.41, 5.74) is 2.86. The van der Waals surface area contributed by atoms with Crippen LogP contribution in [-0.4, -0.2) is 189 Å². The summed E-state index contributed by atoms with van der Waals surface area (Å²) in [6.45, 7) is 5.13. The minimum Gasteiger partial charge on any atom is -0.481 e. The molecule has 6 rings (SSSR count). The van der Waals surface area contributed by atoms with E-state index in [1.165, 1.54) is 50.1 Å². The molecule has 4 heterocycles. The number of carboxylic acid groups (broad SMARTS) is 2. The molecule has 1 saturated heterocycles. The summed E-state index contributed by atoms with van der Waals surface area (Å²) in [6.07, 6.45) is 21.2. The van der Waals surface area contributed by atoms with Crippen molar-refractivity contribution < 1.29 is 72.3 Å². The van der Waals surface area contributed by atoms with Crippen LogP contribution in [0.15, 0.2) is 47.3 Å². The van der Waals surface area contributed by atoms with E-state index in [1.54, 1.807) is 23.4 Å². The molecular formula is C68H97BrN10O15. The third kappa shape index (κ3) is 26.7. The van der Waals surface area contributed by atoms with Crippen molar-refractivity contribution in [2.45, 2.75) is 199 Å². The van der Waals surface area contributed by atoms with Gasteiger partial charge in [0, 0.05) is 100 Å². The van der Waals surface area contributed by atoms with E-state index >= 15 is 0 Å². The molecule has 26 heteroatoms. The van der Waals surface area contributed by atoms with Crippen molar-refractivity contribution >= 4 is 85.6 Å². The molecule has 1 aliphatic heterocycles. The van der Waals surface area contributed by atoms with E-state index in [2.05, 4.69) is 58.9 Å². The van der Waals surface area contributed by atoms with Crippen LogP contribution < -0.4 is 16.0 Å². The fraction of sp³-hybridized carbons (Fsp3) is 0.632. The number of piperidine rings is 1. The minimum atomic E-state index is -1.17. The number of fused-ring (bicyclic) bond motifs is 2. The molecule has 516 valence electrons. The maximum absolute atomic E-state index is 14.2. The maximum Gasteiger partial charge on any atom is 0.326 e. The number of likely N-dealkylation sites (tertiary alicyclic amines) is 1. The molecule has 4 atom stereocenters. The van der Waals surface area contributed by atoms with Crippen molar-refractivity contribution in [1.82, 2.24) is 45.2 Å². The van der Waals surface area contributed by atoms with Crippen molar-refractivity contribution in [3.63, 3.8) is 0 Å². The highest BCUT2D eigenvalue weighted by Crippen LogP contribution is 2.59. The Hall–Kier alpha value is -6.97. The highest BCUT2D eigenvalue weighted by atomic mass is 79.9. The number of nitrogens with zero attached hydrogens (tertiary/aromatic N) is 7. The van der Waals surface area contributed by atoms with Crippen LogP contribution in [-0.2, 0) is 76.8 Å². The number of benzene rings is 1. The second kappa shape index (κ2) is 40.4. The normalized spacial score (nSPS) is 16.0. The Balaban J connectivity index is 0.749. The number of aryl methyl sites for hydroxylation is 1. The summed E-state index contributed by atoms with van der Waals surface area (Å²) in [5, 5.41) is 31.7. The summed E-state index contributed by atoms with van der Waals surface area (Å²) in [4.78, 5) is 130. The van der Waals surface area contributed by atoms with E-state index in [0.717, 1.165) is 62.5 Å². The minimum absolute atomic E-state index is 0.0179. The number of anilines is 1. The number of ether oxygens (including phenoxy) is 4. The summed E-state index contributed by atoms with van der Waals surface area (Å²) >= 11 is 3.41. The number of hydrogen-bond donors (Lipinski definition) is 5. The predicted octanol–water partition coefficient (Wildman–Crippen LogP) is 8.64. The molecule has 3 aromatic heterocycles. The van der Waals surface area contributed by atoms with Gasteiger partial charge in [0.1, 0.15) is 59.6 Å². The Morgan fingerprint density at radius 2 is 1.32 bits per heavy atom. The zero-order valence-corrected chi connectivity index (χ0v) is 56.8. The molecule has 1 saturated carbocycles. The summed E-state index contributed by atoms with van der Waals surface area (Å²) in [5.74, 6) is -2.75. The highest BCUT2D eigenvalue weighted by Gasteiger charge is 2.64. The number of carboxylic acids is 2. The van der Waals surface area contributed by atoms with E-state index in [4.69, 9.17) is 24.1 Å². The number of carbonyl (C=O) groups excluding carboxylic acids is 7. The highest BCUT2D eigenvalue weighted by molar-refractivity contribution is 9.10.